The molecule has 0 aromatic heterocycles. The van der Waals surface area contributed by atoms with Crippen molar-refractivity contribution in [3.05, 3.63) is 40.9 Å². The van der Waals surface area contributed by atoms with Gasteiger partial charge in [0.05, 0.1) is 7.11 Å². The van der Waals surface area contributed by atoms with E-state index in [1.165, 1.54) is 5.56 Å². The van der Waals surface area contributed by atoms with Crippen LogP contribution in [-0.2, 0) is 0 Å². The fourth-order valence-electron chi connectivity index (χ4n) is 1.87. The molecule has 0 saturated heterocycles. The Labute approximate surface area is 112 Å². The Morgan fingerprint density at radius 3 is 2.88 bits per heavy atom. The van der Waals surface area contributed by atoms with Gasteiger partial charge in [0.2, 0.25) is 0 Å². The molecule has 1 N–H and O–H groups in total. The summed E-state index contributed by atoms with van der Waals surface area (Å²) in [7, 11) is 1.71. The van der Waals surface area contributed by atoms with E-state index >= 15 is 0 Å². The molecule has 0 spiro atoms. The molecular formula is C14H20BrNO. The van der Waals surface area contributed by atoms with Gasteiger partial charge in [-0.25, -0.2) is 0 Å². The smallest absolute Gasteiger partial charge is 0.124 e. The highest BCUT2D eigenvalue weighted by molar-refractivity contribution is 9.10. The second kappa shape index (κ2) is 7.51. The average Bonchev–Trinajstić information content (AvgIpc) is 2.34. The van der Waals surface area contributed by atoms with Crippen molar-refractivity contribution in [2.45, 2.75) is 25.8 Å². The monoisotopic (exact) mass is 297 g/mol. The van der Waals surface area contributed by atoms with Gasteiger partial charge in [0.1, 0.15) is 5.75 Å². The molecule has 0 saturated carbocycles. The van der Waals surface area contributed by atoms with Crippen LogP contribution in [-0.4, -0.2) is 13.7 Å². The summed E-state index contributed by atoms with van der Waals surface area (Å²) in [6.07, 6.45) is 3.99. The quantitative estimate of drug-likeness (QED) is 0.766. The number of hydrogen-bond donors (Lipinski definition) is 1. The predicted molar refractivity (Wildman–Crippen MR) is 76.5 cm³/mol. The van der Waals surface area contributed by atoms with Crippen LogP contribution in [0, 0.1) is 0 Å². The number of halogens is 1. The van der Waals surface area contributed by atoms with E-state index in [0.29, 0.717) is 6.04 Å². The lowest BCUT2D eigenvalue weighted by Crippen LogP contribution is -2.21. The van der Waals surface area contributed by atoms with E-state index in [4.69, 9.17) is 4.74 Å². The normalized spacial score (nSPS) is 12.2. The van der Waals surface area contributed by atoms with Crippen molar-refractivity contribution in [2.75, 3.05) is 13.7 Å². The van der Waals surface area contributed by atoms with Crippen LogP contribution in [0.3, 0.4) is 0 Å². The number of rotatable bonds is 7. The van der Waals surface area contributed by atoms with Gasteiger partial charge in [0.15, 0.2) is 0 Å². The maximum absolute atomic E-state index is 5.44. The molecule has 0 fully saturated rings. The summed E-state index contributed by atoms with van der Waals surface area (Å²) in [5, 5.41) is 3.48. The van der Waals surface area contributed by atoms with Gasteiger partial charge in [-0.05, 0) is 31.5 Å². The maximum atomic E-state index is 5.44. The van der Waals surface area contributed by atoms with Gasteiger partial charge in [-0.2, -0.15) is 0 Å². The molecule has 0 aliphatic carbocycles. The highest BCUT2D eigenvalue weighted by Gasteiger charge is 2.14. The minimum Gasteiger partial charge on any atom is -0.496 e. The maximum Gasteiger partial charge on any atom is 0.124 e. The zero-order chi connectivity index (χ0) is 12.7. The lowest BCUT2D eigenvalue weighted by Gasteiger charge is -2.20. The molecule has 0 aliphatic rings. The minimum absolute atomic E-state index is 0.320. The van der Waals surface area contributed by atoms with Gasteiger partial charge in [-0.15, -0.1) is 6.58 Å². The Morgan fingerprint density at radius 1 is 1.53 bits per heavy atom. The van der Waals surface area contributed by atoms with Crippen molar-refractivity contribution in [1.29, 1.82) is 0 Å². The zero-order valence-corrected chi connectivity index (χ0v) is 12.1. The summed E-state index contributed by atoms with van der Waals surface area (Å²) in [6, 6.07) is 6.49. The second-order valence-electron chi connectivity index (χ2n) is 3.86. The molecule has 0 amide bonds. The van der Waals surface area contributed by atoms with Gasteiger partial charge < -0.3 is 10.1 Å². The molecule has 2 nitrogen and oxygen atoms in total. The van der Waals surface area contributed by atoms with E-state index < -0.39 is 0 Å². The van der Waals surface area contributed by atoms with Crippen molar-refractivity contribution < 1.29 is 4.74 Å². The third-order valence-corrected chi connectivity index (χ3v) is 3.17. The lowest BCUT2D eigenvalue weighted by molar-refractivity contribution is 0.396. The number of ether oxygens (including phenoxy) is 1. The van der Waals surface area contributed by atoms with Gasteiger partial charge in [0.25, 0.3) is 0 Å². The van der Waals surface area contributed by atoms with Crippen molar-refractivity contribution >= 4 is 15.9 Å². The predicted octanol–water partition coefficient (Wildman–Crippen LogP) is 4.07. The SMILES string of the molecule is C=CCCC(NCC)c1ccc(Br)cc1OC. The first-order valence-corrected chi connectivity index (χ1v) is 6.70. The molecule has 1 rings (SSSR count). The van der Waals surface area contributed by atoms with E-state index in [-0.39, 0.29) is 0 Å². The third-order valence-electron chi connectivity index (χ3n) is 2.68. The van der Waals surface area contributed by atoms with Crippen molar-refractivity contribution in [3.8, 4) is 5.75 Å². The van der Waals surface area contributed by atoms with Gasteiger partial charge in [0, 0.05) is 16.1 Å². The van der Waals surface area contributed by atoms with Crippen molar-refractivity contribution in [3.63, 3.8) is 0 Å². The average molecular weight is 298 g/mol. The Morgan fingerprint density at radius 2 is 2.29 bits per heavy atom. The third kappa shape index (κ3) is 4.17. The molecule has 0 heterocycles. The number of nitrogens with one attached hydrogen (secondary N) is 1. The molecule has 17 heavy (non-hydrogen) atoms. The Balaban J connectivity index is 2.94. The largest absolute Gasteiger partial charge is 0.496 e. The van der Waals surface area contributed by atoms with E-state index in [0.717, 1.165) is 29.6 Å². The number of allylic oxidation sites excluding steroid dienone is 1. The van der Waals surface area contributed by atoms with Gasteiger partial charge in [-0.1, -0.05) is 35.0 Å². The van der Waals surface area contributed by atoms with E-state index in [1.807, 2.05) is 12.1 Å². The summed E-state index contributed by atoms with van der Waals surface area (Å²) < 4.78 is 6.48. The highest BCUT2D eigenvalue weighted by Crippen LogP contribution is 2.30. The minimum atomic E-state index is 0.320. The molecule has 0 radical (unpaired) electrons. The second-order valence-corrected chi connectivity index (χ2v) is 4.78. The Kier molecular flexibility index (Phi) is 6.30. The molecule has 1 atom stereocenters. The van der Waals surface area contributed by atoms with Gasteiger partial charge >= 0.3 is 0 Å². The Bertz CT molecular complexity index is 365. The summed E-state index contributed by atoms with van der Waals surface area (Å²) in [4.78, 5) is 0. The lowest BCUT2D eigenvalue weighted by atomic mass is 10.0. The molecule has 1 aromatic carbocycles. The van der Waals surface area contributed by atoms with E-state index in [9.17, 15) is 0 Å². The van der Waals surface area contributed by atoms with Crippen LogP contribution in [0.15, 0.2) is 35.3 Å². The topological polar surface area (TPSA) is 21.3 Å². The van der Waals surface area contributed by atoms with Crippen LogP contribution in [0.4, 0.5) is 0 Å². The van der Waals surface area contributed by atoms with Crippen molar-refractivity contribution in [1.82, 2.24) is 5.32 Å². The number of hydrogen-bond acceptors (Lipinski definition) is 2. The number of methoxy groups -OCH3 is 1. The number of benzene rings is 1. The van der Waals surface area contributed by atoms with Crippen LogP contribution in [0.25, 0.3) is 0 Å². The van der Waals surface area contributed by atoms with Crippen LogP contribution >= 0.6 is 15.9 Å². The summed E-state index contributed by atoms with van der Waals surface area (Å²) in [6.45, 7) is 6.84. The fraction of sp³-hybridized carbons (Fsp3) is 0.429. The van der Waals surface area contributed by atoms with E-state index in [2.05, 4.69) is 46.9 Å². The van der Waals surface area contributed by atoms with Gasteiger partial charge in [-0.3, -0.25) is 0 Å². The van der Waals surface area contributed by atoms with E-state index in [1.54, 1.807) is 7.11 Å². The van der Waals surface area contributed by atoms with Crippen LogP contribution in [0.2, 0.25) is 0 Å². The first-order valence-electron chi connectivity index (χ1n) is 5.90. The van der Waals surface area contributed by atoms with Crippen LogP contribution < -0.4 is 10.1 Å². The summed E-state index contributed by atoms with van der Waals surface area (Å²) in [5.41, 5.74) is 1.21. The molecule has 3 heteroatoms. The van der Waals surface area contributed by atoms with Crippen molar-refractivity contribution in [2.24, 2.45) is 0 Å². The molecule has 0 bridgehead atoms. The first-order chi connectivity index (χ1) is 8.22. The van der Waals surface area contributed by atoms with Crippen LogP contribution in [0.1, 0.15) is 31.4 Å². The summed E-state index contributed by atoms with van der Waals surface area (Å²) in [5.74, 6) is 0.925. The fourth-order valence-corrected chi connectivity index (χ4v) is 2.21. The molecule has 0 aliphatic heterocycles. The molecule has 1 unspecified atom stereocenters. The standard InChI is InChI=1S/C14H20BrNO/c1-4-6-7-13(16-5-2)12-9-8-11(15)10-14(12)17-3/h4,8-10,13,16H,1,5-7H2,2-3H3. The molecular weight excluding hydrogens is 278 g/mol. The zero-order valence-electron chi connectivity index (χ0n) is 10.5. The van der Waals surface area contributed by atoms with Crippen LogP contribution in [0.5, 0.6) is 5.75 Å². The molecule has 94 valence electrons. The Hall–Kier alpha value is -0.800. The highest BCUT2D eigenvalue weighted by atomic mass is 79.9. The summed E-state index contributed by atoms with van der Waals surface area (Å²) >= 11 is 3.46. The molecule has 1 aromatic rings. The first kappa shape index (κ1) is 14.3.